The van der Waals surface area contributed by atoms with Crippen LogP contribution in [0.3, 0.4) is 0 Å². The number of sulfonamides is 1. The molecule has 3 N–H and O–H groups in total. The molecular weight excluding hydrogens is 1230 g/mol. The van der Waals surface area contributed by atoms with Crippen LogP contribution in [-0.4, -0.2) is 71.7 Å². The van der Waals surface area contributed by atoms with Crippen LogP contribution in [0.2, 0.25) is 0 Å². The molecule has 4 atom stereocenters. The number of aromatic nitrogens is 1. The second-order valence-electron chi connectivity index (χ2n) is 8.73. The average Bonchev–Trinajstić information content (AvgIpc) is 3.44. The quantitative estimate of drug-likeness (QED) is 0.307. The molecule has 0 bridgehead atoms. The Hall–Kier alpha value is -1.05. The SMILES string of the molecule is C=CC1C[C-]1N=C1NS(=O)(=O)CC(NC(=O)O)C(=O)N2CC(Oc3ccnc4ccccc34)CC12.[CH3-].[CH3-].[W].[W].[W].[W]. The van der Waals surface area contributed by atoms with E-state index in [0.29, 0.717) is 12.2 Å². The summed E-state index contributed by atoms with van der Waals surface area (Å²) in [6.07, 6.45) is 2.35. The number of hydrogen-bond donors (Lipinski definition) is 3. The minimum absolute atomic E-state index is 0. The molecule has 1 aliphatic carbocycles. The number of amidine groups is 1. The maximum Gasteiger partial charge on any atom is 0.405 e. The van der Waals surface area contributed by atoms with Crippen LogP contribution in [0.25, 0.3) is 10.9 Å². The third-order valence-corrected chi connectivity index (χ3v) is 7.54. The molecule has 3 fully saturated rings. The molecule has 0 spiro atoms. The summed E-state index contributed by atoms with van der Waals surface area (Å²) in [5, 5.41) is 12.0. The zero-order valence-corrected chi connectivity index (χ0v) is 34.8. The Kier molecular flexibility index (Phi) is 17.8. The van der Waals surface area contributed by atoms with Crippen LogP contribution in [-0.2, 0) is 99.1 Å². The van der Waals surface area contributed by atoms with Crippen LogP contribution in [0.1, 0.15) is 12.8 Å². The van der Waals surface area contributed by atoms with Crippen molar-refractivity contribution in [2.45, 2.75) is 31.0 Å². The van der Waals surface area contributed by atoms with Gasteiger partial charge in [0, 0.05) is 102 Å². The summed E-state index contributed by atoms with van der Waals surface area (Å²) < 4.78 is 34.3. The number of carbonyl (C=O) groups is 2. The second-order valence-corrected chi connectivity index (χ2v) is 10.5. The van der Waals surface area contributed by atoms with Gasteiger partial charge in [-0.1, -0.05) is 24.5 Å². The molecule has 1 aromatic carbocycles. The van der Waals surface area contributed by atoms with Crippen LogP contribution in [0, 0.1) is 26.8 Å². The van der Waals surface area contributed by atoms with Crippen molar-refractivity contribution in [3.8, 4) is 5.75 Å². The third-order valence-electron chi connectivity index (χ3n) is 6.25. The Bertz CT molecular complexity index is 1340. The van der Waals surface area contributed by atoms with Crippen LogP contribution < -0.4 is 14.8 Å². The van der Waals surface area contributed by atoms with Crippen molar-refractivity contribution in [1.29, 1.82) is 0 Å². The topological polar surface area (TPSA) is 150 Å². The summed E-state index contributed by atoms with van der Waals surface area (Å²) in [7, 11) is -4.05. The first-order valence-electron chi connectivity index (χ1n) is 11.1. The first-order valence-corrected chi connectivity index (χ1v) is 12.8. The Morgan fingerprint density at radius 3 is 2.54 bits per heavy atom. The predicted molar refractivity (Wildman–Crippen MR) is 140 cm³/mol. The Balaban J connectivity index is 0. The fraction of sp³-hybridized carbons (Fsp3) is 0.320. The average molecular weight is 1260 g/mol. The van der Waals surface area contributed by atoms with Gasteiger partial charge in [0.25, 0.3) is 0 Å². The number of benzene rings is 1. The van der Waals surface area contributed by atoms with Gasteiger partial charge in [-0.15, -0.1) is 18.7 Å². The van der Waals surface area contributed by atoms with Gasteiger partial charge in [-0.05, 0) is 30.5 Å². The number of nitrogens with zero attached hydrogens (tertiary/aromatic N) is 3. The number of ether oxygens (including phenoxy) is 1. The molecule has 2 aliphatic heterocycles. The summed E-state index contributed by atoms with van der Waals surface area (Å²) in [6, 6.07) is 7.82. The van der Waals surface area contributed by atoms with Crippen molar-refractivity contribution >= 4 is 38.8 Å². The van der Waals surface area contributed by atoms with E-state index in [-0.39, 0.29) is 124 Å². The standard InChI is InChI=1S/C23H24N5O6S.2CH3.4W/c1-2-13-9-17(13)25-21-19-10-14(34-20-7-8-24-16-6-4-3-5-15(16)20)11-28(19)22(29)18(26-23(30)31)12-35(32,33)27-21;;;;;;/h2-8,13-14,18-19,26H,1,9-12H2,(H,25,27)(H,30,31);2*1H3;;;;/q3*-1;;;;. The molecule has 4 unspecified atom stereocenters. The van der Waals surface area contributed by atoms with E-state index in [2.05, 4.69) is 21.3 Å². The molecule has 2 amide bonds. The fourth-order valence-electron chi connectivity index (χ4n) is 4.52. The van der Waals surface area contributed by atoms with Crippen LogP contribution in [0.5, 0.6) is 5.75 Å². The molecule has 2 aromatic rings. The number of nitrogens with one attached hydrogen (secondary N) is 2. The summed E-state index contributed by atoms with van der Waals surface area (Å²) in [4.78, 5) is 34.9. The van der Waals surface area contributed by atoms with Crippen molar-refractivity contribution in [2.24, 2.45) is 10.9 Å². The third kappa shape index (κ3) is 9.73. The summed E-state index contributed by atoms with van der Waals surface area (Å²) >= 11 is 0. The number of rotatable bonds is 5. The summed E-state index contributed by atoms with van der Waals surface area (Å²) in [6.45, 7) is 3.88. The van der Waals surface area contributed by atoms with Gasteiger partial charge in [0.15, 0.2) is 0 Å². The fourth-order valence-corrected chi connectivity index (χ4v) is 5.76. The van der Waals surface area contributed by atoms with Crippen molar-refractivity contribution in [3.05, 3.63) is 70.1 Å². The van der Waals surface area contributed by atoms with Gasteiger partial charge in [-0.3, -0.25) is 9.78 Å². The number of fused-ring (bicyclic) bond motifs is 2. The van der Waals surface area contributed by atoms with Crippen LogP contribution >= 0.6 is 0 Å². The van der Waals surface area contributed by atoms with Gasteiger partial charge in [-0.25, -0.2) is 13.2 Å². The molecule has 11 nitrogen and oxygen atoms in total. The first kappa shape index (κ1) is 42.1. The maximum atomic E-state index is 13.3. The zero-order valence-electron chi connectivity index (χ0n) is 22.3. The molecule has 5 rings (SSSR count). The minimum Gasteiger partial charge on any atom is -0.488 e. The summed E-state index contributed by atoms with van der Waals surface area (Å²) in [5.41, 5.74) is 0.756. The number of amides is 2. The predicted octanol–water partition coefficient (Wildman–Crippen LogP) is 2.18. The summed E-state index contributed by atoms with van der Waals surface area (Å²) in [5.74, 6) is -0.578. The molecular formula is C25H30N5O6SW4-3. The number of aliphatic imine (C=N–C) groups is 1. The number of pyridine rings is 1. The maximum absolute atomic E-state index is 13.3. The number of para-hydroxylation sites is 1. The molecule has 0 radical (unpaired) electrons. The van der Waals surface area contributed by atoms with Gasteiger partial charge >= 0.3 is 6.09 Å². The zero-order chi connectivity index (χ0) is 24.7. The smallest absolute Gasteiger partial charge is 0.405 e. The van der Waals surface area contributed by atoms with Gasteiger partial charge in [0.2, 0.25) is 15.9 Å². The van der Waals surface area contributed by atoms with Gasteiger partial charge < -0.3 is 44.6 Å². The van der Waals surface area contributed by atoms with Crippen molar-refractivity contribution < 1.29 is 112 Å². The number of hydrogen-bond acceptors (Lipinski definition) is 7. The van der Waals surface area contributed by atoms with Gasteiger partial charge in [0.05, 0.1) is 17.8 Å². The van der Waals surface area contributed by atoms with Crippen LogP contribution in [0.15, 0.2) is 54.2 Å². The Morgan fingerprint density at radius 1 is 1.22 bits per heavy atom. The monoisotopic (exact) mass is 1260 g/mol. The molecule has 16 heteroatoms. The van der Waals surface area contributed by atoms with E-state index in [0.717, 1.165) is 16.9 Å². The molecule has 2 saturated heterocycles. The van der Waals surface area contributed by atoms with Crippen LogP contribution in [0.4, 0.5) is 4.79 Å². The molecule has 3 heterocycles. The largest absolute Gasteiger partial charge is 0.488 e. The van der Waals surface area contributed by atoms with Crippen molar-refractivity contribution in [1.82, 2.24) is 19.9 Å². The van der Waals surface area contributed by atoms with Crippen molar-refractivity contribution in [3.63, 3.8) is 0 Å². The Morgan fingerprint density at radius 2 is 1.90 bits per heavy atom. The van der Waals surface area contributed by atoms with Gasteiger partial charge in [0.1, 0.15) is 17.9 Å². The normalized spacial score (nSPS) is 24.4. The van der Waals surface area contributed by atoms with Crippen molar-refractivity contribution in [2.75, 3.05) is 12.3 Å². The Labute approximate surface area is 298 Å². The van der Waals surface area contributed by atoms with E-state index < -0.39 is 46.0 Å². The van der Waals surface area contributed by atoms with E-state index in [4.69, 9.17) is 4.74 Å². The second kappa shape index (κ2) is 17.3. The number of carboxylic acid groups (broad SMARTS) is 1. The molecule has 1 saturated carbocycles. The van der Waals surface area contributed by atoms with E-state index in [1.807, 2.05) is 29.6 Å². The molecule has 3 aliphatic rings. The van der Waals surface area contributed by atoms with E-state index in [1.54, 1.807) is 18.3 Å². The molecule has 224 valence electrons. The molecule has 1 aromatic heterocycles. The minimum atomic E-state index is -4.05. The number of carbonyl (C=O) groups excluding carboxylic acids is 1. The molecule has 41 heavy (non-hydrogen) atoms. The first-order chi connectivity index (χ1) is 16.7. The van der Waals surface area contributed by atoms with E-state index in [1.165, 1.54) is 4.90 Å². The van der Waals surface area contributed by atoms with E-state index in [9.17, 15) is 23.1 Å². The van der Waals surface area contributed by atoms with Gasteiger partial charge in [-0.2, -0.15) is 0 Å². The van der Waals surface area contributed by atoms with E-state index >= 15 is 0 Å².